The number of hydrogen-bond donors (Lipinski definition) is 1. The highest BCUT2D eigenvalue weighted by molar-refractivity contribution is 7.17. The molecule has 0 spiro atoms. The van der Waals surface area contributed by atoms with Gasteiger partial charge in [0.1, 0.15) is 4.88 Å². The third kappa shape index (κ3) is 5.98. The van der Waals surface area contributed by atoms with E-state index in [1.807, 2.05) is 36.4 Å². The van der Waals surface area contributed by atoms with Gasteiger partial charge in [0.05, 0.1) is 12.2 Å². The number of rotatable bonds is 8. The number of hydrogen-bond acceptors (Lipinski definition) is 5. The summed E-state index contributed by atoms with van der Waals surface area (Å²) < 4.78 is 0. The van der Waals surface area contributed by atoms with Crippen molar-refractivity contribution in [2.75, 3.05) is 26.0 Å². The monoisotopic (exact) mass is 422 g/mol. The number of thiazole rings is 1. The van der Waals surface area contributed by atoms with Crippen LogP contribution in [0.1, 0.15) is 26.5 Å². The molecule has 3 rings (SSSR count). The van der Waals surface area contributed by atoms with Crippen LogP contribution in [0.4, 0.5) is 5.13 Å². The predicted octanol–water partition coefficient (Wildman–Crippen LogP) is 3.79. The molecule has 0 fully saturated rings. The zero-order chi connectivity index (χ0) is 21.5. The zero-order valence-corrected chi connectivity index (χ0v) is 18.3. The van der Waals surface area contributed by atoms with Gasteiger partial charge in [-0.05, 0) is 18.1 Å². The molecule has 0 unspecified atom stereocenters. The second-order valence-corrected chi connectivity index (χ2v) is 8.30. The van der Waals surface area contributed by atoms with E-state index in [9.17, 15) is 9.59 Å². The fourth-order valence-electron chi connectivity index (χ4n) is 3.06. The highest BCUT2D eigenvalue weighted by Gasteiger charge is 2.19. The molecule has 2 amide bonds. The Morgan fingerprint density at radius 3 is 1.97 bits per heavy atom. The summed E-state index contributed by atoms with van der Waals surface area (Å²) in [6.45, 7) is 3.31. The van der Waals surface area contributed by atoms with Crippen molar-refractivity contribution in [2.24, 2.45) is 0 Å². The van der Waals surface area contributed by atoms with Gasteiger partial charge in [0.2, 0.25) is 5.91 Å². The number of carbonyl (C=O) groups excluding carboxylic acids is 2. The summed E-state index contributed by atoms with van der Waals surface area (Å²) in [5, 5.41) is 3.30. The average molecular weight is 423 g/mol. The summed E-state index contributed by atoms with van der Waals surface area (Å²) in [7, 11) is 3.40. The minimum atomic E-state index is -0.153. The number of nitrogens with one attached hydrogen (secondary N) is 1. The molecule has 156 valence electrons. The van der Waals surface area contributed by atoms with Gasteiger partial charge in [-0.1, -0.05) is 72.0 Å². The number of aromatic nitrogens is 1. The predicted molar refractivity (Wildman–Crippen MR) is 120 cm³/mol. The first-order chi connectivity index (χ1) is 14.4. The summed E-state index contributed by atoms with van der Waals surface area (Å²) in [4.78, 5) is 33.5. The lowest BCUT2D eigenvalue weighted by Crippen LogP contribution is -2.32. The van der Waals surface area contributed by atoms with Gasteiger partial charge in [0.25, 0.3) is 5.91 Å². The molecular weight excluding hydrogens is 396 g/mol. The van der Waals surface area contributed by atoms with E-state index < -0.39 is 0 Å². The fourth-order valence-corrected chi connectivity index (χ4v) is 4.07. The van der Waals surface area contributed by atoms with Crippen molar-refractivity contribution >= 4 is 28.3 Å². The van der Waals surface area contributed by atoms with Crippen LogP contribution in [-0.2, 0) is 17.9 Å². The Morgan fingerprint density at radius 2 is 1.47 bits per heavy atom. The van der Waals surface area contributed by atoms with Crippen LogP contribution in [0.15, 0.2) is 60.7 Å². The second kappa shape index (κ2) is 10.1. The van der Waals surface area contributed by atoms with Crippen LogP contribution in [0.3, 0.4) is 0 Å². The van der Waals surface area contributed by atoms with E-state index in [0.717, 1.165) is 11.1 Å². The number of carbonyl (C=O) groups is 2. The van der Waals surface area contributed by atoms with Crippen molar-refractivity contribution in [3.05, 3.63) is 82.4 Å². The maximum atomic E-state index is 12.7. The average Bonchev–Trinajstić information content (AvgIpc) is 3.08. The number of aryl methyl sites for hydroxylation is 1. The van der Waals surface area contributed by atoms with E-state index >= 15 is 0 Å². The molecule has 0 aliphatic carbocycles. The molecule has 0 atom stereocenters. The summed E-state index contributed by atoms with van der Waals surface area (Å²) in [6.07, 6.45) is 0. The van der Waals surface area contributed by atoms with Gasteiger partial charge >= 0.3 is 0 Å². The molecule has 2 aromatic carbocycles. The first kappa shape index (κ1) is 21.7. The standard InChI is InChI=1S/C23H26N4O2S/c1-17-21(22(29)26(2)3)30-23(24-17)25-20(28)16-27(14-18-10-6-4-7-11-18)15-19-12-8-5-9-13-19/h4-13H,14-16H2,1-3H3,(H,24,25,28). The fraction of sp³-hybridized carbons (Fsp3) is 0.261. The van der Waals surface area contributed by atoms with Crippen LogP contribution >= 0.6 is 11.3 Å². The number of nitrogens with zero attached hydrogens (tertiary/aromatic N) is 3. The molecule has 1 N–H and O–H groups in total. The molecule has 3 aromatic rings. The summed E-state index contributed by atoms with van der Waals surface area (Å²) in [5.41, 5.74) is 2.91. The van der Waals surface area contributed by atoms with E-state index in [1.54, 1.807) is 21.0 Å². The summed E-state index contributed by atoms with van der Waals surface area (Å²) >= 11 is 1.21. The van der Waals surface area contributed by atoms with Crippen molar-refractivity contribution in [1.82, 2.24) is 14.8 Å². The van der Waals surface area contributed by atoms with Crippen LogP contribution < -0.4 is 5.32 Å². The van der Waals surface area contributed by atoms with Gasteiger partial charge in [0.15, 0.2) is 5.13 Å². The minimum absolute atomic E-state index is 0.111. The van der Waals surface area contributed by atoms with Crippen molar-refractivity contribution in [3.8, 4) is 0 Å². The van der Waals surface area contributed by atoms with Crippen molar-refractivity contribution in [1.29, 1.82) is 0 Å². The van der Waals surface area contributed by atoms with Crippen LogP contribution in [0.25, 0.3) is 0 Å². The Kier molecular flexibility index (Phi) is 7.32. The Balaban J connectivity index is 1.69. The number of amides is 2. The lowest BCUT2D eigenvalue weighted by atomic mass is 10.1. The van der Waals surface area contributed by atoms with Crippen LogP contribution in [0.2, 0.25) is 0 Å². The Morgan fingerprint density at radius 1 is 0.933 bits per heavy atom. The third-order valence-electron chi connectivity index (χ3n) is 4.51. The lowest BCUT2D eigenvalue weighted by molar-refractivity contribution is -0.117. The normalized spacial score (nSPS) is 10.8. The van der Waals surface area contributed by atoms with Gasteiger partial charge in [-0.2, -0.15) is 0 Å². The van der Waals surface area contributed by atoms with E-state index in [4.69, 9.17) is 0 Å². The molecule has 1 aromatic heterocycles. The molecule has 0 aliphatic rings. The molecule has 0 saturated heterocycles. The maximum absolute atomic E-state index is 12.7. The van der Waals surface area contributed by atoms with Gasteiger partial charge in [-0.3, -0.25) is 14.5 Å². The van der Waals surface area contributed by atoms with Crippen LogP contribution in [0, 0.1) is 6.92 Å². The van der Waals surface area contributed by atoms with Crippen molar-refractivity contribution in [3.63, 3.8) is 0 Å². The molecule has 0 radical (unpaired) electrons. The Bertz CT molecular complexity index is 945. The van der Waals surface area contributed by atoms with Crippen molar-refractivity contribution < 1.29 is 9.59 Å². The summed E-state index contributed by atoms with van der Waals surface area (Å²) in [5.74, 6) is -0.264. The highest BCUT2D eigenvalue weighted by atomic mass is 32.1. The van der Waals surface area contributed by atoms with Crippen LogP contribution in [-0.4, -0.2) is 47.2 Å². The number of benzene rings is 2. The maximum Gasteiger partial charge on any atom is 0.265 e. The number of anilines is 1. The Hall–Kier alpha value is -3.03. The largest absolute Gasteiger partial charge is 0.344 e. The molecule has 0 aliphatic heterocycles. The van der Waals surface area contributed by atoms with Gasteiger partial charge < -0.3 is 10.2 Å². The SMILES string of the molecule is Cc1nc(NC(=O)CN(Cc2ccccc2)Cc2ccccc2)sc1C(=O)N(C)C. The topological polar surface area (TPSA) is 65.5 Å². The minimum Gasteiger partial charge on any atom is -0.344 e. The molecule has 6 nitrogen and oxygen atoms in total. The van der Waals surface area contributed by atoms with E-state index in [0.29, 0.717) is 28.8 Å². The molecule has 7 heteroatoms. The van der Waals surface area contributed by atoms with Gasteiger partial charge in [-0.25, -0.2) is 4.98 Å². The second-order valence-electron chi connectivity index (χ2n) is 7.30. The summed E-state index contributed by atoms with van der Waals surface area (Å²) in [6, 6.07) is 20.2. The quantitative estimate of drug-likeness (QED) is 0.600. The first-order valence-electron chi connectivity index (χ1n) is 9.71. The zero-order valence-electron chi connectivity index (χ0n) is 17.5. The first-order valence-corrected chi connectivity index (χ1v) is 10.5. The van der Waals surface area contributed by atoms with E-state index in [-0.39, 0.29) is 18.4 Å². The van der Waals surface area contributed by atoms with Crippen LogP contribution in [0.5, 0.6) is 0 Å². The molecule has 0 saturated carbocycles. The Labute approximate surface area is 181 Å². The van der Waals surface area contributed by atoms with E-state index in [2.05, 4.69) is 39.5 Å². The highest BCUT2D eigenvalue weighted by Crippen LogP contribution is 2.23. The lowest BCUT2D eigenvalue weighted by Gasteiger charge is -2.22. The van der Waals surface area contributed by atoms with Crippen molar-refractivity contribution in [2.45, 2.75) is 20.0 Å². The third-order valence-corrected chi connectivity index (χ3v) is 5.57. The van der Waals surface area contributed by atoms with Gasteiger partial charge in [0, 0.05) is 27.2 Å². The smallest absolute Gasteiger partial charge is 0.265 e. The van der Waals surface area contributed by atoms with Gasteiger partial charge in [-0.15, -0.1) is 0 Å². The molecule has 1 heterocycles. The molecular formula is C23H26N4O2S. The molecule has 30 heavy (non-hydrogen) atoms. The van der Waals surface area contributed by atoms with E-state index in [1.165, 1.54) is 16.2 Å². The molecule has 0 bridgehead atoms.